The van der Waals surface area contributed by atoms with E-state index >= 15 is 0 Å². The van der Waals surface area contributed by atoms with Crippen LogP contribution < -0.4 is 14.8 Å². The Morgan fingerprint density at radius 2 is 1.69 bits per heavy atom. The van der Waals surface area contributed by atoms with Crippen molar-refractivity contribution in [2.24, 2.45) is 9.98 Å². The smallest absolute Gasteiger partial charge is 0.247 e. The fraction of sp³-hybridized carbons (Fsp3) is 0.333. The van der Waals surface area contributed by atoms with Crippen molar-refractivity contribution in [1.29, 1.82) is 0 Å². The first kappa shape index (κ1) is 21.7. The Kier molecular flexibility index (Phi) is 6.86. The van der Waals surface area contributed by atoms with E-state index in [0.29, 0.717) is 11.5 Å². The van der Waals surface area contributed by atoms with Gasteiger partial charge in [0.05, 0.1) is 20.6 Å². The van der Waals surface area contributed by atoms with Gasteiger partial charge in [-0.25, -0.2) is 9.98 Å². The van der Waals surface area contributed by atoms with Gasteiger partial charge in [-0.05, 0) is 23.8 Å². The zero-order valence-electron chi connectivity index (χ0n) is 13.4. The van der Waals surface area contributed by atoms with Gasteiger partial charge < -0.3 is 14.8 Å². The first-order valence-corrected chi connectivity index (χ1v) is 9.24. The average molecular weight is 480 g/mol. The van der Waals surface area contributed by atoms with Gasteiger partial charge in [0, 0.05) is 0 Å². The van der Waals surface area contributed by atoms with E-state index in [1.54, 1.807) is 31.4 Å². The van der Waals surface area contributed by atoms with E-state index in [1.807, 2.05) is 0 Å². The van der Waals surface area contributed by atoms with Gasteiger partial charge in [-0.1, -0.05) is 81.7 Å². The van der Waals surface area contributed by atoms with E-state index in [0.717, 1.165) is 5.56 Å². The number of alkyl halides is 6. The van der Waals surface area contributed by atoms with Crippen LogP contribution in [-0.2, 0) is 0 Å². The fourth-order valence-electron chi connectivity index (χ4n) is 2.05. The van der Waals surface area contributed by atoms with Crippen molar-refractivity contribution in [2.75, 3.05) is 14.2 Å². The number of halogens is 6. The van der Waals surface area contributed by atoms with Crippen LogP contribution in [-0.4, -0.2) is 39.6 Å². The summed E-state index contributed by atoms with van der Waals surface area (Å²) in [5, 5.41) is 2.63. The summed E-state index contributed by atoms with van der Waals surface area (Å²) in [6.45, 7) is 0. The lowest BCUT2D eigenvalue weighted by molar-refractivity contribution is 0.355. The molecule has 1 aromatic carbocycles. The van der Waals surface area contributed by atoms with Crippen LogP contribution in [0.3, 0.4) is 0 Å². The third-order valence-electron chi connectivity index (χ3n) is 3.35. The summed E-state index contributed by atoms with van der Waals surface area (Å²) in [4.78, 5) is 8.37. The van der Waals surface area contributed by atoms with Crippen molar-refractivity contribution < 1.29 is 9.47 Å². The Labute approximate surface area is 180 Å². The maximum atomic E-state index is 6.11. The zero-order valence-corrected chi connectivity index (χ0v) is 18.0. The lowest BCUT2D eigenvalue weighted by Gasteiger charge is -2.33. The highest BCUT2D eigenvalue weighted by Crippen LogP contribution is 2.45. The maximum absolute atomic E-state index is 6.11. The highest BCUT2D eigenvalue weighted by Gasteiger charge is 2.49. The van der Waals surface area contributed by atoms with Gasteiger partial charge in [-0.15, -0.1) is 0 Å². The molecule has 0 radical (unpaired) electrons. The predicted molar refractivity (Wildman–Crippen MR) is 111 cm³/mol. The van der Waals surface area contributed by atoms with Gasteiger partial charge in [0.25, 0.3) is 0 Å². The number of hydrogen-bond acceptors (Lipinski definition) is 5. The second-order valence-electron chi connectivity index (χ2n) is 5.03. The highest BCUT2D eigenvalue weighted by atomic mass is 35.6. The Balaban J connectivity index is 2.47. The SMILES string of the molecule is COc1ccc(C=CC2(C(Cl)(Cl)Cl)N=CNC(C(Cl)(Cl)Cl)=N2)cc1OC. The first-order valence-electron chi connectivity index (χ1n) is 6.98. The summed E-state index contributed by atoms with van der Waals surface area (Å²) < 4.78 is 6.68. The number of ether oxygens (including phenoxy) is 2. The number of benzene rings is 1. The quantitative estimate of drug-likeness (QED) is 0.605. The summed E-state index contributed by atoms with van der Waals surface area (Å²) in [7, 11) is 3.07. The van der Waals surface area contributed by atoms with Crippen molar-refractivity contribution in [3.05, 3.63) is 29.8 Å². The molecule has 0 spiro atoms. The number of amidine groups is 1. The molecule has 2 rings (SSSR count). The monoisotopic (exact) mass is 477 g/mol. The molecule has 1 atom stereocenters. The van der Waals surface area contributed by atoms with Gasteiger partial charge in [0.1, 0.15) is 0 Å². The minimum atomic E-state index is -1.94. The van der Waals surface area contributed by atoms with Gasteiger partial charge in [-0.3, -0.25) is 0 Å². The molecule has 0 amide bonds. The number of aliphatic imine (C=N–C) groups is 2. The van der Waals surface area contributed by atoms with Crippen LogP contribution in [0.2, 0.25) is 0 Å². The highest BCUT2D eigenvalue weighted by molar-refractivity contribution is 6.77. The third kappa shape index (κ3) is 4.83. The summed E-state index contributed by atoms with van der Waals surface area (Å²) in [6, 6.07) is 5.27. The fourth-order valence-corrected chi connectivity index (χ4v) is 2.80. The number of methoxy groups -OCH3 is 2. The molecule has 0 saturated carbocycles. The number of hydrogen-bond donors (Lipinski definition) is 1. The van der Waals surface area contributed by atoms with Crippen molar-refractivity contribution in [2.45, 2.75) is 13.2 Å². The molecule has 1 unspecified atom stereocenters. The molecular formula is C15H13Cl6N3O2. The standard InChI is InChI=1S/C15H13Cl6N3O2/c1-25-10-4-3-9(7-11(10)26-2)5-6-13(15(19,20)21)23-8-22-12(24-13)14(16,17)18/h3-8H,1-2H3,(H,22,23,24). The minimum absolute atomic E-state index is 0.0270. The largest absolute Gasteiger partial charge is 0.493 e. The lowest BCUT2D eigenvalue weighted by Crippen LogP contribution is -2.47. The van der Waals surface area contributed by atoms with Crippen LogP contribution >= 0.6 is 69.6 Å². The molecule has 1 aliphatic heterocycles. The van der Waals surface area contributed by atoms with Crippen molar-refractivity contribution >= 4 is 87.9 Å². The number of rotatable bonds is 4. The summed E-state index contributed by atoms with van der Waals surface area (Å²) in [6.07, 6.45) is 4.41. The van der Waals surface area contributed by atoms with E-state index in [9.17, 15) is 0 Å². The molecule has 0 saturated heterocycles. The predicted octanol–water partition coefficient (Wildman–Crippen LogP) is 5.18. The molecule has 26 heavy (non-hydrogen) atoms. The van der Waals surface area contributed by atoms with Crippen molar-refractivity contribution in [3.8, 4) is 11.5 Å². The number of nitrogens with one attached hydrogen (secondary N) is 1. The maximum Gasteiger partial charge on any atom is 0.247 e. The molecule has 1 aromatic rings. The molecule has 0 bridgehead atoms. The Morgan fingerprint density at radius 3 is 2.23 bits per heavy atom. The van der Waals surface area contributed by atoms with Gasteiger partial charge in [-0.2, -0.15) is 0 Å². The van der Waals surface area contributed by atoms with Gasteiger partial charge in [0.15, 0.2) is 17.3 Å². The minimum Gasteiger partial charge on any atom is -0.493 e. The summed E-state index contributed by atoms with van der Waals surface area (Å²) in [5.41, 5.74) is -0.898. The van der Waals surface area contributed by atoms with E-state index in [4.69, 9.17) is 79.1 Å². The van der Waals surface area contributed by atoms with Crippen molar-refractivity contribution in [3.63, 3.8) is 0 Å². The molecule has 1 aliphatic rings. The van der Waals surface area contributed by atoms with Crippen LogP contribution in [0.1, 0.15) is 5.56 Å². The lowest BCUT2D eigenvalue weighted by atomic mass is 10.1. The normalized spacial score (nSPS) is 20.7. The Morgan fingerprint density at radius 1 is 1.04 bits per heavy atom. The van der Waals surface area contributed by atoms with Gasteiger partial charge in [0.2, 0.25) is 13.2 Å². The second-order valence-corrected chi connectivity index (χ2v) is 9.59. The topological polar surface area (TPSA) is 55.2 Å². The molecule has 0 fully saturated rings. The average Bonchev–Trinajstić information content (AvgIpc) is 2.58. The van der Waals surface area contributed by atoms with E-state index in [-0.39, 0.29) is 5.84 Å². The van der Waals surface area contributed by atoms with Crippen LogP contribution in [0.25, 0.3) is 6.08 Å². The Bertz CT molecular complexity index is 755. The van der Waals surface area contributed by atoms with E-state index in [2.05, 4.69) is 15.3 Å². The third-order valence-corrected chi connectivity index (χ3v) is 4.72. The molecule has 0 aliphatic carbocycles. The van der Waals surface area contributed by atoms with E-state index in [1.165, 1.54) is 19.5 Å². The molecule has 11 heteroatoms. The van der Waals surface area contributed by atoms with Crippen LogP contribution in [0.5, 0.6) is 11.5 Å². The van der Waals surface area contributed by atoms with E-state index < -0.39 is 13.2 Å². The van der Waals surface area contributed by atoms with Crippen molar-refractivity contribution in [1.82, 2.24) is 5.32 Å². The first-order chi connectivity index (χ1) is 12.0. The van der Waals surface area contributed by atoms with Crippen LogP contribution in [0, 0.1) is 0 Å². The molecule has 1 heterocycles. The van der Waals surface area contributed by atoms with Crippen LogP contribution in [0.15, 0.2) is 34.3 Å². The molecular weight excluding hydrogens is 467 g/mol. The summed E-state index contributed by atoms with van der Waals surface area (Å²) in [5.74, 6) is 1.09. The van der Waals surface area contributed by atoms with Crippen LogP contribution in [0.4, 0.5) is 0 Å². The molecule has 0 aromatic heterocycles. The second kappa shape index (κ2) is 8.21. The van der Waals surface area contributed by atoms with Gasteiger partial charge >= 0.3 is 0 Å². The zero-order chi connectivity index (χ0) is 19.6. The Hall–Kier alpha value is -0.560. The molecule has 5 nitrogen and oxygen atoms in total. The summed E-state index contributed by atoms with van der Waals surface area (Å²) >= 11 is 36.0. The number of nitrogens with zero attached hydrogens (tertiary/aromatic N) is 2. The molecule has 1 N–H and O–H groups in total. The molecule has 142 valence electrons.